The van der Waals surface area contributed by atoms with Gasteiger partial charge < -0.3 is 9.47 Å². The smallest absolute Gasteiger partial charge is 0.352 e. The Hall–Kier alpha value is -1.91. The Morgan fingerprint density at radius 1 is 1.14 bits per heavy atom. The number of carbonyl (C=O) groups excluding carboxylic acids is 2. The van der Waals surface area contributed by atoms with Crippen molar-refractivity contribution in [3.63, 3.8) is 0 Å². The summed E-state index contributed by atoms with van der Waals surface area (Å²) >= 11 is 0. The van der Waals surface area contributed by atoms with Gasteiger partial charge in [0.05, 0.1) is 6.10 Å². The van der Waals surface area contributed by atoms with Crippen LogP contribution in [0.15, 0.2) is 24.5 Å². The van der Waals surface area contributed by atoms with E-state index in [9.17, 15) is 9.59 Å². The quantitative estimate of drug-likeness (QED) is 0.723. The summed E-state index contributed by atoms with van der Waals surface area (Å²) in [4.78, 5) is 28.0. The molecule has 0 aliphatic rings. The molecule has 1 rings (SSSR count). The molecule has 0 radical (unpaired) electrons. The highest BCUT2D eigenvalue weighted by molar-refractivity contribution is 5.80. The Kier molecular flexibility index (Phi) is 6.85. The highest BCUT2D eigenvalue weighted by Crippen LogP contribution is 2.21. The number of rotatable bonds is 7. The minimum Gasteiger partial charge on any atom is -0.460 e. The fourth-order valence-corrected chi connectivity index (χ4v) is 1.65. The van der Waals surface area contributed by atoms with Crippen molar-refractivity contribution in [3.8, 4) is 0 Å². The van der Waals surface area contributed by atoms with Crippen LogP contribution in [-0.2, 0) is 19.1 Å². The Labute approximate surface area is 125 Å². The van der Waals surface area contributed by atoms with Crippen molar-refractivity contribution in [1.82, 2.24) is 4.98 Å². The molecular weight excluding hydrogens is 270 g/mol. The van der Waals surface area contributed by atoms with E-state index in [-0.39, 0.29) is 18.4 Å². The number of hydrogen-bond donors (Lipinski definition) is 0. The van der Waals surface area contributed by atoms with Gasteiger partial charge in [-0.15, -0.1) is 0 Å². The van der Waals surface area contributed by atoms with E-state index in [0.29, 0.717) is 12.0 Å². The lowest BCUT2D eigenvalue weighted by atomic mass is 10.1. The first-order chi connectivity index (χ1) is 9.93. The van der Waals surface area contributed by atoms with Crippen LogP contribution in [0.25, 0.3) is 0 Å². The van der Waals surface area contributed by atoms with Crippen molar-refractivity contribution < 1.29 is 19.1 Å². The fourth-order valence-electron chi connectivity index (χ4n) is 1.65. The first kappa shape index (κ1) is 17.1. The van der Waals surface area contributed by atoms with Crippen molar-refractivity contribution in [2.45, 2.75) is 52.7 Å². The topological polar surface area (TPSA) is 65.5 Å². The highest BCUT2D eigenvalue weighted by Gasteiger charge is 2.27. The lowest BCUT2D eigenvalue weighted by Crippen LogP contribution is -2.25. The molecule has 5 heteroatoms. The summed E-state index contributed by atoms with van der Waals surface area (Å²) in [5.74, 6) is -0.790. The molecule has 0 aromatic carbocycles. The number of aromatic nitrogens is 1. The van der Waals surface area contributed by atoms with Gasteiger partial charge in [0.25, 0.3) is 0 Å². The van der Waals surface area contributed by atoms with E-state index in [4.69, 9.17) is 9.47 Å². The lowest BCUT2D eigenvalue weighted by molar-refractivity contribution is -0.172. The van der Waals surface area contributed by atoms with Gasteiger partial charge >= 0.3 is 11.9 Å². The third-order valence-corrected chi connectivity index (χ3v) is 2.94. The van der Waals surface area contributed by atoms with E-state index in [1.54, 1.807) is 31.5 Å². The van der Waals surface area contributed by atoms with Crippen molar-refractivity contribution in [2.24, 2.45) is 5.92 Å². The summed E-state index contributed by atoms with van der Waals surface area (Å²) in [5.41, 5.74) is 0.565. The first-order valence-electron chi connectivity index (χ1n) is 7.23. The number of ether oxygens (including phenoxy) is 2. The molecule has 0 bridgehead atoms. The van der Waals surface area contributed by atoms with Crippen LogP contribution in [0.2, 0.25) is 0 Å². The van der Waals surface area contributed by atoms with E-state index >= 15 is 0 Å². The molecule has 0 N–H and O–H groups in total. The summed E-state index contributed by atoms with van der Waals surface area (Å²) in [6, 6.07) is 3.29. The maximum atomic E-state index is 12.2. The van der Waals surface area contributed by atoms with Gasteiger partial charge in [-0.05, 0) is 31.4 Å². The van der Waals surface area contributed by atoms with Crippen LogP contribution >= 0.6 is 0 Å². The second-order valence-electron chi connectivity index (χ2n) is 5.40. The largest absolute Gasteiger partial charge is 0.460 e. The second-order valence-corrected chi connectivity index (χ2v) is 5.40. The van der Waals surface area contributed by atoms with Gasteiger partial charge in [-0.1, -0.05) is 20.8 Å². The van der Waals surface area contributed by atoms with Crippen molar-refractivity contribution >= 4 is 11.9 Å². The van der Waals surface area contributed by atoms with Gasteiger partial charge in [-0.3, -0.25) is 9.78 Å². The standard InChI is InChI=1S/C16H23NO4/c1-5-12(4)20-16(19)15(13-6-8-17-9-7-13)21-14(18)10-11(2)3/h6-9,11-12,15H,5,10H2,1-4H3. The van der Waals surface area contributed by atoms with Gasteiger partial charge in [0.1, 0.15) is 0 Å². The molecule has 116 valence electrons. The van der Waals surface area contributed by atoms with Gasteiger partial charge in [0.2, 0.25) is 6.10 Å². The Morgan fingerprint density at radius 3 is 2.29 bits per heavy atom. The molecule has 0 aliphatic carbocycles. The number of nitrogens with zero attached hydrogens (tertiary/aromatic N) is 1. The van der Waals surface area contributed by atoms with Crippen LogP contribution in [0.4, 0.5) is 0 Å². The van der Waals surface area contributed by atoms with Crippen LogP contribution in [0.3, 0.4) is 0 Å². The van der Waals surface area contributed by atoms with Crippen LogP contribution in [-0.4, -0.2) is 23.0 Å². The number of carbonyl (C=O) groups is 2. The van der Waals surface area contributed by atoms with Gasteiger partial charge in [0, 0.05) is 24.4 Å². The molecule has 0 aliphatic heterocycles. The zero-order valence-electron chi connectivity index (χ0n) is 13.0. The molecule has 1 heterocycles. The molecule has 0 saturated heterocycles. The maximum absolute atomic E-state index is 12.2. The predicted octanol–water partition coefficient (Wildman–Crippen LogP) is 3.05. The molecule has 0 saturated carbocycles. The van der Waals surface area contributed by atoms with Crippen molar-refractivity contribution in [1.29, 1.82) is 0 Å². The van der Waals surface area contributed by atoms with Crippen molar-refractivity contribution in [3.05, 3.63) is 30.1 Å². The SMILES string of the molecule is CCC(C)OC(=O)C(OC(=O)CC(C)C)c1ccncc1. The minimum absolute atomic E-state index is 0.168. The third-order valence-electron chi connectivity index (χ3n) is 2.94. The number of pyridine rings is 1. The van der Waals surface area contributed by atoms with Crippen LogP contribution in [0, 0.1) is 5.92 Å². The summed E-state index contributed by atoms with van der Waals surface area (Å²) in [7, 11) is 0. The zero-order valence-corrected chi connectivity index (χ0v) is 13.0. The molecule has 5 nitrogen and oxygen atoms in total. The Bertz CT molecular complexity index is 459. The Morgan fingerprint density at radius 2 is 1.76 bits per heavy atom. The summed E-state index contributed by atoms with van der Waals surface area (Å²) in [5, 5.41) is 0. The second kappa shape index (κ2) is 8.39. The number of esters is 2. The summed E-state index contributed by atoms with van der Waals surface area (Å²) in [6.45, 7) is 7.56. The molecular formula is C16H23NO4. The average Bonchev–Trinajstić information content (AvgIpc) is 2.44. The minimum atomic E-state index is -1.03. The van der Waals surface area contributed by atoms with Crippen molar-refractivity contribution in [2.75, 3.05) is 0 Å². The summed E-state index contributed by atoms with van der Waals surface area (Å²) in [6.07, 6.45) is 2.82. The van der Waals surface area contributed by atoms with E-state index in [2.05, 4.69) is 4.98 Å². The van der Waals surface area contributed by atoms with Crippen LogP contribution < -0.4 is 0 Å². The fraction of sp³-hybridized carbons (Fsp3) is 0.562. The summed E-state index contributed by atoms with van der Waals surface area (Å²) < 4.78 is 10.6. The monoisotopic (exact) mass is 293 g/mol. The van der Waals surface area contributed by atoms with Gasteiger partial charge in [0.15, 0.2) is 0 Å². The van der Waals surface area contributed by atoms with E-state index in [1.807, 2.05) is 20.8 Å². The normalized spacial score (nSPS) is 13.6. The first-order valence-corrected chi connectivity index (χ1v) is 7.23. The molecule has 1 aromatic rings. The number of hydrogen-bond acceptors (Lipinski definition) is 5. The van der Waals surface area contributed by atoms with Gasteiger partial charge in [-0.25, -0.2) is 4.79 Å². The average molecular weight is 293 g/mol. The van der Waals surface area contributed by atoms with Crippen LogP contribution in [0.5, 0.6) is 0 Å². The molecule has 0 spiro atoms. The highest BCUT2D eigenvalue weighted by atomic mass is 16.6. The lowest BCUT2D eigenvalue weighted by Gasteiger charge is -2.20. The van der Waals surface area contributed by atoms with Crippen LogP contribution in [0.1, 0.15) is 52.2 Å². The molecule has 21 heavy (non-hydrogen) atoms. The molecule has 2 atom stereocenters. The third kappa shape index (κ3) is 5.94. The van der Waals surface area contributed by atoms with E-state index in [0.717, 1.165) is 0 Å². The Balaban J connectivity index is 2.85. The molecule has 0 fully saturated rings. The molecule has 1 aromatic heterocycles. The molecule has 0 amide bonds. The molecule has 2 unspecified atom stereocenters. The van der Waals surface area contributed by atoms with E-state index in [1.165, 1.54) is 0 Å². The maximum Gasteiger partial charge on any atom is 0.352 e. The van der Waals surface area contributed by atoms with E-state index < -0.39 is 18.0 Å². The van der Waals surface area contributed by atoms with Gasteiger partial charge in [-0.2, -0.15) is 0 Å². The predicted molar refractivity (Wildman–Crippen MR) is 78.4 cm³/mol. The zero-order chi connectivity index (χ0) is 15.8.